The normalized spacial score (nSPS) is 21.4. The van der Waals surface area contributed by atoms with E-state index in [0.29, 0.717) is 26.4 Å². The Labute approximate surface area is 112 Å². The minimum absolute atomic E-state index is 0.0732. The van der Waals surface area contributed by atoms with Gasteiger partial charge in [-0.2, -0.15) is 0 Å². The quantitative estimate of drug-likeness (QED) is 0.827. The molecule has 19 heavy (non-hydrogen) atoms. The summed E-state index contributed by atoms with van der Waals surface area (Å²) in [6, 6.07) is 7.84. The molecule has 1 aromatic rings. The molecule has 5 nitrogen and oxygen atoms in total. The van der Waals surface area contributed by atoms with Gasteiger partial charge in [0.2, 0.25) is 0 Å². The van der Waals surface area contributed by atoms with Gasteiger partial charge in [-0.05, 0) is 17.7 Å². The molecule has 0 unspecified atom stereocenters. The SMILES string of the molecule is COc1ccc(C(C2OCCO2)C2OCCO2)cc1. The monoisotopic (exact) mass is 266 g/mol. The molecule has 2 heterocycles. The summed E-state index contributed by atoms with van der Waals surface area (Å²) in [6.45, 7) is 2.46. The molecule has 0 spiro atoms. The molecule has 0 amide bonds. The smallest absolute Gasteiger partial charge is 0.169 e. The van der Waals surface area contributed by atoms with Crippen molar-refractivity contribution in [2.45, 2.75) is 18.5 Å². The summed E-state index contributed by atoms with van der Waals surface area (Å²) < 4.78 is 27.7. The summed E-state index contributed by atoms with van der Waals surface area (Å²) in [6.07, 6.45) is -0.618. The van der Waals surface area contributed by atoms with E-state index in [0.717, 1.165) is 11.3 Å². The molecular formula is C14H18O5. The van der Waals surface area contributed by atoms with E-state index in [4.69, 9.17) is 23.7 Å². The predicted molar refractivity (Wildman–Crippen MR) is 67.1 cm³/mol. The van der Waals surface area contributed by atoms with Gasteiger partial charge < -0.3 is 23.7 Å². The van der Waals surface area contributed by atoms with E-state index in [1.807, 2.05) is 24.3 Å². The van der Waals surface area contributed by atoms with Crippen molar-refractivity contribution < 1.29 is 23.7 Å². The largest absolute Gasteiger partial charge is 0.497 e. The second kappa shape index (κ2) is 5.88. The van der Waals surface area contributed by atoms with Crippen molar-refractivity contribution in [3.05, 3.63) is 29.8 Å². The highest BCUT2D eigenvalue weighted by Gasteiger charge is 2.38. The van der Waals surface area contributed by atoms with Crippen molar-refractivity contribution in [2.24, 2.45) is 0 Å². The highest BCUT2D eigenvalue weighted by molar-refractivity contribution is 5.30. The molecule has 0 N–H and O–H groups in total. The van der Waals surface area contributed by atoms with Crippen LogP contribution in [0, 0.1) is 0 Å². The van der Waals surface area contributed by atoms with Crippen LogP contribution < -0.4 is 4.74 Å². The van der Waals surface area contributed by atoms with Crippen molar-refractivity contribution >= 4 is 0 Å². The number of rotatable bonds is 4. The van der Waals surface area contributed by atoms with Crippen LogP contribution in [0.3, 0.4) is 0 Å². The average molecular weight is 266 g/mol. The van der Waals surface area contributed by atoms with Gasteiger partial charge in [-0.3, -0.25) is 0 Å². The molecule has 2 fully saturated rings. The first kappa shape index (κ1) is 12.9. The predicted octanol–water partition coefficient (Wildman–Crippen LogP) is 1.52. The van der Waals surface area contributed by atoms with Gasteiger partial charge in [-0.25, -0.2) is 0 Å². The van der Waals surface area contributed by atoms with Crippen LogP contribution in [0.2, 0.25) is 0 Å². The lowest BCUT2D eigenvalue weighted by Crippen LogP contribution is -2.31. The number of benzene rings is 1. The Morgan fingerprint density at radius 3 is 1.79 bits per heavy atom. The number of hydrogen-bond donors (Lipinski definition) is 0. The van der Waals surface area contributed by atoms with Crippen molar-refractivity contribution in [2.75, 3.05) is 33.5 Å². The molecule has 0 bridgehead atoms. The maximum Gasteiger partial charge on any atom is 0.169 e. The topological polar surface area (TPSA) is 46.2 Å². The molecule has 2 aliphatic rings. The van der Waals surface area contributed by atoms with Crippen LogP contribution in [0.1, 0.15) is 11.5 Å². The third-order valence-electron chi connectivity index (χ3n) is 3.38. The summed E-state index contributed by atoms with van der Waals surface area (Å²) in [5.74, 6) is 0.750. The van der Waals surface area contributed by atoms with Gasteiger partial charge in [0, 0.05) is 0 Å². The lowest BCUT2D eigenvalue weighted by Gasteiger charge is -2.26. The summed E-state index contributed by atoms with van der Waals surface area (Å²) in [4.78, 5) is 0. The van der Waals surface area contributed by atoms with Gasteiger partial charge in [0.05, 0.1) is 39.5 Å². The maximum atomic E-state index is 5.63. The zero-order valence-electron chi connectivity index (χ0n) is 10.9. The van der Waals surface area contributed by atoms with E-state index in [2.05, 4.69) is 0 Å². The van der Waals surface area contributed by atoms with E-state index in [1.54, 1.807) is 7.11 Å². The summed E-state index contributed by atoms with van der Waals surface area (Å²) in [5.41, 5.74) is 1.07. The molecule has 1 aromatic carbocycles. The Hall–Kier alpha value is -1.14. The Balaban J connectivity index is 1.83. The van der Waals surface area contributed by atoms with Gasteiger partial charge >= 0.3 is 0 Å². The summed E-state index contributed by atoms with van der Waals surface area (Å²) >= 11 is 0. The number of hydrogen-bond acceptors (Lipinski definition) is 5. The van der Waals surface area contributed by atoms with Crippen LogP contribution in [0.5, 0.6) is 5.75 Å². The van der Waals surface area contributed by atoms with Crippen molar-refractivity contribution in [3.8, 4) is 5.75 Å². The molecule has 0 radical (unpaired) electrons. The molecule has 104 valence electrons. The van der Waals surface area contributed by atoms with Gasteiger partial charge in [0.25, 0.3) is 0 Å². The Bertz CT molecular complexity index is 377. The average Bonchev–Trinajstić information content (AvgIpc) is 3.13. The standard InChI is InChI=1S/C14H18O5/c1-15-11-4-2-10(3-5-11)12(13-16-6-7-17-13)14-18-8-9-19-14/h2-5,12-14H,6-9H2,1H3. The molecular weight excluding hydrogens is 248 g/mol. The highest BCUT2D eigenvalue weighted by atomic mass is 16.7. The first-order valence-electron chi connectivity index (χ1n) is 6.49. The van der Waals surface area contributed by atoms with E-state index in [9.17, 15) is 0 Å². The first-order chi connectivity index (χ1) is 9.38. The molecule has 2 saturated heterocycles. The lowest BCUT2D eigenvalue weighted by atomic mass is 9.97. The molecule has 0 aliphatic carbocycles. The minimum atomic E-state index is -0.309. The van der Waals surface area contributed by atoms with Crippen molar-refractivity contribution in [1.29, 1.82) is 0 Å². The minimum Gasteiger partial charge on any atom is -0.497 e. The molecule has 2 aliphatic heterocycles. The van der Waals surface area contributed by atoms with Gasteiger partial charge in [0.1, 0.15) is 5.75 Å². The second-order valence-electron chi connectivity index (χ2n) is 4.52. The number of methoxy groups -OCH3 is 1. The Kier molecular flexibility index (Phi) is 3.98. The van der Waals surface area contributed by atoms with Crippen LogP contribution in [0.25, 0.3) is 0 Å². The Morgan fingerprint density at radius 1 is 0.895 bits per heavy atom. The van der Waals surface area contributed by atoms with Crippen LogP contribution in [0.15, 0.2) is 24.3 Å². The first-order valence-corrected chi connectivity index (χ1v) is 6.49. The fourth-order valence-electron chi connectivity index (χ4n) is 2.44. The highest BCUT2D eigenvalue weighted by Crippen LogP contribution is 2.33. The van der Waals surface area contributed by atoms with Crippen LogP contribution in [-0.4, -0.2) is 46.1 Å². The fraction of sp³-hybridized carbons (Fsp3) is 0.571. The van der Waals surface area contributed by atoms with E-state index >= 15 is 0 Å². The fourth-order valence-corrected chi connectivity index (χ4v) is 2.44. The van der Waals surface area contributed by atoms with Crippen LogP contribution >= 0.6 is 0 Å². The maximum absolute atomic E-state index is 5.63. The molecule has 3 rings (SSSR count). The van der Waals surface area contributed by atoms with Crippen molar-refractivity contribution in [1.82, 2.24) is 0 Å². The van der Waals surface area contributed by atoms with Crippen LogP contribution in [0.4, 0.5) is 0 Å². The lowest BCUT2D eigenvalue weighted by molar-refractivity contribution is -0.145. The Morgan fingerprint density at radius 2 is 1.37 bits per heavy atom. The van der Waals surface area contributed by atoms with E-state index in [-0.39, 0.29) is 18.5 Å². The zero-order valence-corrected chi connectivity index (χ0v) is 10.9. The summed E-state index contributed by atoms with van der Waals surface area (Å²) in [5, 5.41) is 0. The van der Waals surface area contributed by atoms with Crippen LogP contribution in [-0.2, 0) is 18.9 Å². The molecule has 0 saturated carbocycles. The number of ether oxygens (including phenoxy) is 5. The molecule has 5 heteroatoms. The van der Waals surface area contributed by atoms with E-state index in [1.165, 1.54) is 0 Å². The summed E-state index contributed by atoms with van der Waals surface area (Å²) in [7, 11) is 1.65. The molecule has 0 atom stereocenters. The zero-order chi connectivity index (χ0) is 13.1. The third-order valence-corrected chi connectivity index (χ3v) is 3.38. The van der Waals surface area contributed by atoms with Gasteiger partial charge in [-0.15, -0.1) is 0 Å². The second-order valence-corrected chi connectivity index (χ2v) is 4.52. The van der Waals surface area contributed by atoms with Crippen molar-refractivity contribution in [3.63, 3.8) is 0 Å². The van der Waals surface area contributed by atoms with E-state index < -0.39 is 0 Å². The van der Waals surface area contributed by atoms with Gasteiger partial charge in [-0.1, -0.05) is 12.1 Å². The van der Waals surface area contributed by atoms with Gasteiger partial charge in [0.15, 0.2) is 12.6 Å². The molecule has 0 aromatic heterocycles. The third kappa shape index (κ3) is 2.74.